The molecule has 2 bridgehead atoms. The molecule has 0 saturated carbocycles. The molecule has 4 atom stereocenters. The molecule has 1 aromatic carbocycles. The minimum Gasteiger partial charge on any atom is -0.408 e. The molecule has 0 spiro atoms. The highest BCUT2D eigenvalue weighted by Crippen LogP contribution is 2.39. The Labute approximate surface area is 180 Å². The maximum absolute atomic E-state index is 12.9. The summed E-state index contributed by atoms with van der Waals surface area (Å²) in [6, 6.07) is 4.32. The summed E-state index contributed by atoms with van der Waals surface area (Å²) in [5.74, 6) is 0.195. The van der Waals surface area contributed by atoms with Crippen LogP contribution in [0, 0.1) is 11.8 Å². The van der Waals surface area contributed by atoms with Gasteiger partial charge in [0.1, 0.15) is 0 Å². The van der Waals surface area contributed by atoms with E-state index in [2.05, 4.69) is 15.0 Å². The molecular weight excluding hydrogens is 432 g/mol. The Morgan fingerprint density at radius 3 is 2.83 bits per heavy atom. The van der Waals surface area contributed by atoms with E-state index in [0.29, 0.717) is 17.9 Å². The quantitative estimate of drug-likeness (QED) is 0.625. The zero-order valence-electron chi connectivity index (χ0n) is 16.3. The molecule has 5 rings (SSSR count). The van der Waals surface area contributed by atoms with Gasteiger partial charge in [0, 0.05) is 31.1 Å². The van der Waals surface area contributed by atoms with Crippen LogP contribution in [0.4, 0.5) is 0 Å². The van der Waals surface area contributed by atoms with Crippen LogP contribution in [0.5, 0.6) is 0 Å². The minimum absolute atomic E-state index is 0. The summed E-state index contributed by atoms with van der Waals surface area (Å²) in [4.78, 5) is 28.5. The van der Waals surface area contributed by atoms with Gasteiger partial charge in [-0.3, -0.25) is 9.78 Å². The number of hydrogen-bond acceptors (Lipinski definition) is 6. The lowest BCUT2D eigenvalue weighted by molar-refractivity contribution is -0.148. The number of nitrogens with one attached hydrogen (secondary N) is 3. The van der Waals surface area contributed by atoms with Gasteiger partial charge in [0.2, 0.25) is 15.9 Å². The SMILES string of the molecule is Cl.O=C1CCC[C@H]2[C@H]3CNC[C@H](C3)[C@H](CNS(=O)(=O)c3ccc4[nH]c(=O)oc4c3)N12. The molecule has 1 aromatic heterocycles. The summed E-state index contributed by atoms with van der Waals surface area (Å²) in [6.45, 7) is 1.89. The first-order valence-electron chi connectivity index (χ1n) is 10.1. The smallest absolute Gasteiger partial charge is 0.408 e. The molecule has 2 aromatic rings. The Morgan fingerprint density at radius 2 is 2.00 bits per heavy atom. The molecule has 1 amide bonds. The van der Waals surface area contributed by atoms with E-state index in [9.17, 15) is 18.0 Å². The number of H-pyrrole nitrogens is 1. The third kappa shape index (κ3) is 3.66. The first-order chi connectivity index (χ1) is 13.9. The average Bonchev–Trinajstić information content (AvgIpc) is 3.08. The first kappa shape index (κ1) is 21.4. The number of nitrogens with zero attached hydrogens (tertiary/aromatic N) is 1. The van der Waals surface area contributed by atoms with Gasteiger partial charge in [0.15, 0.2) is 5.58 Å². The van der Waals surface area contributed by atoms with Crippen LogP contribution in [0.2, 0.25) is 0 Å². The Hall–Kier alpha value is -1.88. The molecule has 11 heteroatoms. The Kier molecular flexibility index (Phi) is 5.69. The molecule has 30 heavy (non-hydrogen) atoms. The molecule has 3 aliphatic rings. The number of amides is 1. The van der Waals surface area contributed by atoms with Crippen LogP contribution in [0.25, 0.3) is 11.1 Å². The normalized spacial score (nSPS) is 28.8. The van der Waals surface area contributed by atoms with E-state index in [4.69, 9.17) is 4.42 Å². The number of halogens is 1. The van der Waals surface area contributed by atoms with Gasteiger partial charge in [-0.1, -0.05) is 0 Å². The standard InChI is InChI=1S/C19H24N4O5S.ClH/c24-18-3-1-2-15-11-6-12(9-20-8-11)16(23(15)18)10-21-29(26,27)13-4-5-14-17(7-13)28-19(25)22-14;/h4-5,7,11-12,15-16,20-21H,1-3,6,8-10H2,(H,22,25);1H/t11-,12+,15+,16+;/m1./s1. The Morgan fingerprint density at radius 1 is 1.20 bits per heavy atom. The second-order valence-corrected chi connectivity index (χ2v) is 10.0. The van der Waals surface area contributed by atoms with E-state index in [1.165, 1.54) is 18.2 Å². The van der Waals surface area contributed by atoms with Crippen LogP contribution in [0.1, 0.15) is 25.7 Å². The van der Waals surface area contributed by atoms with Gasteiger partial charge in [-0.05, 0) is 56.3 Å². The fraction of sp³-hybridized carbons (Fsp3) is 0.579. The van der Waals surface area contributed by atoms with Crippen LogP contribution >= 0.6 is 12.4 Å². The summed E-state index contributed by atoms with van der Waals surface area (Å²) >= 11 is 0. The average molecular weight is 457 g/mol. The predicted molar refractivity (Wildman–Crippen MR) is 112 cm³/mol. The lowest BCUT2D eigenvalue weighted by Gasteiger charge is -2.54. The van der Waals surface area contributed by atoms with Crippen LogP contribution in [-0.4, -0.2) is 55.9 Å². The van der Waals surface area contributed by atoms with Crippen molar-refractivity contribution in [3.05, 3.63) is 28.7 Å². The van der Waals surface area contributed by atoms with Crippen molar-refractivity contribution >= 4 is 39.4 Å². The highest BCUT2D eigenvalue weighted by atomic mass is 35.5. The van der Waals surface area contributed by atoms with Crippen molar-refractivity contribution in [3.63, 3.8) is 0 Å². The van der Waals surface area contributed by atoms with Crippen molar-refractivity contribution in [1.82, 2.24) is 19.9 Å². The number of fused-ring (bicyclic) bond motifs is 5. The maximum atomic E-state index is 12.9. The number of aromatic amines is 1. The lowest BCUT2D eigenvalue weighted by Crippen LogP contribution is -2.66. The molecule has 3 fully saturated rings. The third-order valence-corrected chi connectivity index (χ3v) is 8.01. The van der Waals surface area contributed by atoms with Gasteiger partial charge in [0.05, 0.1) is 10.4 Å². The van der Waals surface area contributed by atoms with E-state index < -0.39 is 15.8 Å². The number of piperidine rings is 3. The number of aromatic nitrogens is 1. The fourth-order valence-corrected chi connectivity index (χ4v) is 6.33. The maximum Gasteiger partial charge on any atom is 0.417 e. The number of hydrogen-bond donors (Lipinski definition) is 3. The number of carbonyl (C=O) groups excluding carboxylic acids is 1. The van der Waals surface area contributed by atoms with Gasteiger partial charge in [-0.2, -0.15) is 0 Å². The Bertz CT molecular complexity index is 1110. The number of oxazole rings is 1. The largest absolute Gasteiger partial charge is 0.417 e. The molecule has 0 aliphatic carbocycles. The second-order valence-electron chi connectivity index (χ2n) is 8.27. The summed E-state index contributed by atoms with van der Waals surface area (Å²) in [6.07, 6.45) is 3.45. The van der Waals surface area contributed by atoms with Crippen molar-refractivity contribution in [2.75, 3.05) is 19.6 Å². The van der Waals surface area contributed by atoms with Crippen molar-refractivity contribution in [2.45, 2.75) is 42.7 Å². The van der Waals surface area contributed by atoms with Crippen LogP contribution in [-0.2, 0) is 14.8 Å². The van der Waals surface area contributed by atoms with Crippen molar-refractivity contribution in [3.8, 4) is 0 Å². The highest BCUT2D eigenvalue weighted by molar-refractivity contribution is 7.89. The van der Waals surface area contributed by atoms with Gasteiger partial charge in [0.25, 0.3) is 0 Å². The molecule has 164 valence electrons. The monoisotopic (exact) mass is 456 g/mol. The van der Waals surface area contributed by atoms with Crippen molar-refractivity contribution in [2.24, 2.45) is 11.8 Å². The molecule has 0 radical (unpaired) electrons. The zero-order chi connectivity index (χ0) is 20.2. The van der Waals surface area contributed by atoms with Crippen molar-refractivity contribution < 1.29 is 17.6 Å². The van der Waals surface area contributed by atoms with Gasteiger partial charge in [-0.25, -0.2) is 17.9 Å². The molecule has 0 unspecified atom stereocenters. The van der Waals surface area contributed by atoms with Gasteiger partial charge in [-0.15, -0.1) is 12.4 Å². The second kappa shape index (κ2) is 7.99. The fourth-order valence-electron chi connectivity index (χ4n) is 5.27. The molecule has 3 saturated heterocycles. The molecule has 4 heterocycles. The van der Waals surface area contributed by atoms with E-state index in [1.807, 2.05) is 4.90 Å². The zero-order valence-corrected chi connectivity index (χ0v) is 17.9. The summed E-state index contributed by atoms with van der Waals surface area (Å²) in [5.41, 5.74) is 0.642. The minimum atomic E-state index is -3.81. The topological polar surface area (TPSA) is 125 Å². The molecule has 3 N–H and O–H groups in total. The number of benzene rings is 1. The number of rotatable bonds is 4. The van der Waals surface area contributed by atoms with Crippen LogP contribution in [0.15, 0.2) is 32.3 Å². The molecular formula is C19H25ClN4O5S. The van der Waals surface area contributed by atoms with Gasteiger partial charge < -0.3 is 14.6 Å². The summed E-state index contributed by atoms with van der Waals surface area (Å²) < 4.78 is 33.4. The summed E-state index contributed by atoms with van der Waals surface area (Å²) in [7, 11) is -3.81. The van der Waals surface area contributed by atoms with Gasteiger partial charge >= 0.3 is 5.76 Å². The predicted octanol–water partition coefficient (Wildman–Crippen LogP) is 0.810. The summed E-state index contributed by atoms with van der Waals surface area (Å²) in [5, 5.41) is 3.46. The van der Waals surface area contributed by atoms with E-state index in [1.54, 1.807) is 0 Å². The van der Waals surface area contributed by atoms with E-state index >= 15 is 0 Å². The molecule has 9 nitrogen and oxygen atoms in total. The first-order valence-corrected chi connectivity index (χ1v) is 11.5. The van der Waals surface area contributed by atoms with Crippen LogP contribution in [0.3, 0.4) is 0 Å². The molecule has 3 aliphatic heterocycles. The highest BCUT2D eigenvalue weighted by Gasteiger charge is 2.47. The lowest BCUT2D eigenvalue weighted by atomic mass is 9.72. The number of carbonyl (C=O) groups is 1. The number of sulfonamides is 1. The third-order valence-electron chi connectivity index (χ3n) is 6.59. The van der Waals surface area contributed by atoms with Crippen LogP contribution < -0.4 is 15.8 Å². The van der Waals surface area contributed by atoms with E-state index in [0.717, 1.165) is 32.4 Å². The Balaban J connectivity index is 0.00000218. The van der Waals surface area contributed by atoms with Crippen molar-refractivity contribution in [1.29, 1.82) is 0 Å². The van der Waals surface area contributed by atoms with E-state index in [-0.39, 0.29) is 53.3 Å².